The number of ketones is 1. The lowest BCUT2D eigenvalue weighted by Gasteiger charge is -2.11. The Morgan fingerprint density at radius 2 is 1.96 bits per heavy atom. The minimum Gasteiger partial charge on any atom is -0.466 e. The van der Waals surface area contributed by atoms with Gasteiger partial charge in [-0.05, 0) is 35.0 Å². The molecule has 0 saturated carbocycles. The van der Waals surface area contributed by atoms with Gasteiger partial charge in [0.15, 0.2) is 11.6 Å². The second-order valence-corrected chi connectivity index (χ2v) is 6.03. The van der Waals surface area contributed by atoms with Crippen LogP contribution in [0, 0.1) is 0 Å². The molecule has 142 valence electrons. The topological polar surface area (TPSA) is 113 Å². The molecule has 26 heavy (non-hydrogen) atoms. The van der Waals surface area contributed by atoms with Gasteiger partial charge >= 0.3 is 5.97 Å². The van der Waals surface area contributed by atoms with Crippen LogP contribution in [0.3, 0.4) is 0 Å². The number of hydrogen-bond donors (Lipinski definition) is 1. The average molecular weight is 423 g/mol. The van der Waals surface area contributed by atoms with Crippen molar-refractivity contribution in [2.45, 2.75) is 32.4 Å². The van der Waals surface area contributed by atoms with Gasteiger partial charge in [0.1, 0.15) is 6.54 Å². The molecule has 8 nitrogen and oxygen atoms in total. The van der Waals surface area contributed by atoms with Crippen molar-refractivity contribution in [3.63, 3.8) is 0 Å². The number of aromatic nitrogens is 4. The van der Waals surface area contributed by atoms with Crippen LogP contribution in [0.4, 0.5) is 0 Å². The molecule has 0 saturated heterocycles. The van der Waals surface area contributed by atoms with E-state index in [1.165, 1.54) is 4.68 Å². The lowest BCUT2D eigenvalue weighted by atomic mass is 10.1. The Bertz CT molecular complexity index is 748. The molecular weight excluding hydrogens is 405 g/mol. The molecule has 2 aromatic rings. The third kappa shape index (κ3) is 5.91. The van der Waals surface area contributed by atoms with E-state index in [0.717, 1.165) is 0 Å². The Morgan fingerprint density at radius 3 is 2.58 bits per heavy atom. The Balaban J connectivity index is 0.00000338. The van der Waals surface area contributed by atoms with Crippen molar-refractivity contribution in [1.29, 1.82) is 0 Å². The highest BCUT2D eigenvalue weighted by molar-refractivity contribution is 6.36. The second-order valence-electron chi connectivity index (χ2n) is 5.21. The summed E-state index contributed by atoms with van der Waals surface area (Å²) in [5, 5.41) is 12.2. The lowest BCUT2D eigenvalue weighted by molar-refractivity contribution is -0.144. The monoisotopic (exact) mass is 421 g/mol. The first-order valence-corrected chi connectivity index (χ1v) is 8.29. The smallest absolute Gasteiger partial charge is 0.307 e. The molecule has 0 radical (unpaired) electrons. The van der Waals surface area contributed by atoms with Gasteiger partial charge in [0.25, 0.3) is 0 Å². The van der Waals surface area contributed by atoms with Gasteiger partial charge in [-0.3, -0.25) is 9.59 Å². The number of hydrogen-bond acceptors (Lipinski definition) is 7. The molecule has 1 unspecified atom stereocenters. The van der Waals surface area contributed by atoms with E-state index in [2.05, 4.69) is 15.5 Å². The van der Waals surface area contributed by atoms with Crippen LogP contribution in [-0.4, -0.2) is 44.6 Å². The highest BCUT2D eigenvalue weighted by Gasteiger charge is 2.21. The Labute approximate surface area is 166 Å². The Morgan fingerprint density at radius 1 is 1.31 bits per heavy atom. The van der Waals surface area contributed by atoms with Gasteiger partial charge in [-0.25, -0.2) is 4.68 Å². The van der Waals surface area contributed by atoms with Crippen LogP contribution >= 0.6 is 35.6 Å². The van der Waals surface area contributed by atoms with Crippen LogP contribution in [0.5, 0.6) is 0 Å². The number of halogens is 3. The number of esters is 1. The van der Waals surface area contributed by atoms with E-state index in [0.29, 0.717) is 21.4 Å². The molecular formula is C15H18Cl3N5O3. The fourth-order valence-electron chi connectivity index (χ4n) is 2.11. The number of tetrazole rings is 1. The van der Waals surface area contributed by atoms with Gasteiger partial charge in [0, 0.05) is 16.5 Å². The fraction of sp³-hybridized carbons (Fsp3) is 0.400. The highest BCUT2D eigenvalue weighted by Crippen LogP contribution is 2.26. The molecule has 0 spiro atoms. The van der Waals surface area contributed by atoms with Crippen LogP contribution in [0.2, 0.25) is 10.0 Å². The molecule has 2 rings (SSSR count). The maximum absolute atomic E-state index is 12.2. The van der Waals surface area contributed by atoms with Crippen molar-refractivity contribution in [3.05, 3.63) is 39.6 Å². The third-order valence-corrected chi connectivity index (χ3v) is 4.12. The zero-order chi connectivity index (χ0) is 18.4. The summed E-state index contributed by atoms with van der Waals surface area (Å²) in [6, 6.07) is 4.16. The summed E-state index contributed by atoms with van der Waals surface area (Å²) in [5.41, 5.74) is 6.40. The standard InChI is InChI=1S/C15H17Cl2N5O3.ClH/c1-2-25-15(24)7-12(18)13(23)8-22-14(19-20-21-22)6-9-10(16)4-3-5-11(9)17;/h3-5,12H,2,6-8,18H2,1H3;1H. The number of nitrogens with zero attached hydrogens (tertiary/aromatic N) is 4. The quantitative estimate of drug-likeness (QED) is 0.646. The minimum atomic E-state index is -0.986. The van der Waals surface area contributed by atoms with Crippen molar-refractivity contribution in [3.8, 4) is 0 Å². The van der Waals surface area contributed by atoms with E-state index in [1.54, 1.807) is 25.1 Å². The highest BCUT2D eigenvalue weighted by atomic mass is 35.5. The molecule has 0 fully saturated rings. The first-order chi connectivity index (χ1) is 11.9. The molecule has 0 aliphatic heterocycles. The molecule has 0 bridgehead atoms. The lowest BCUT2D eigenvalue weighted by Crippen LogP contribution is -2.36. The van der Waals surface area contributed by atoms with Crippen LogP contribution < -0.4 is 5.73 Å². The largest absolute Gasteiger partial charge is 0.466 e. The summed E-state index contributed by atoms with van der Waals surface area (Å²) in [7, 11) is 0. The Kier molecular flexibility index (Phi) is 8.94. The predicted octanol–water partition coefficient (Wildman–Crippen LogP) is 1.84. The van der Waals surface area contributed by atoms with Crippen LogP contribution in [0.1, 0.15) is 24.7 Å². The predicted molar refractivity (Wildman–Crippen MR) is 98.6 cm³/mol. The first-order valence-electron chi connectivity index (χ1n) is 7.54. The number of Topliss-reactive ketones (excluding diaryl/α,β-unsaturated/α-hetero) is 1. The van der Waals surface area contributed by atoms with Gasteiger partial charge in [0.2, 0.25) is 0 Å². The molecule has 1 heterocycles. The summed E-state index contributed by atoms with van der Waals surface area (Å²) >= 11 is 12.3. The Hall–Kier alpha value is -1.74. The van der Waals surface area contributed by atoms with E-state index in [9.17, 15) is 9.59 Å². The molecule has 0 aliphatic rings. The number of rotatable bonds is 8. The number of carbonyl (C=O) groups excluding carboxylic acids is 2. The molecule has 2 N–H and O–H groups in total. The van der Waals surface area contributed by atoms with Gasteiger partial charge in [-0.15, -0.1) is 17.5 Å². The summed E-state index contributed by atoms with van der Waals surface area (Å²) in [5.74, 6) is -0.498. The van der Waals surface area contributed by atoms with Crippen LogP contribution in [0.15, 0.2) is 18.2 Å². The maximum atomic E-state index is 12.2. The number of benzene rings is 1. The van der Waals surface area contributed by atoms with Crippen molar-refractivity contribution >= 4 is 47.4 Å². The summed E-state index contributed by atoms with van der Waals surface area (Å²) in [6.07, 6.45) is 0.0619. The first kappa shape index (κ1) is 22.3. The third-order valence-electron chi connectivity index (χ3n) is 3.41. The molecule has 11 heteroatoms. The zero-order valence-electron chi connectivity index (χ0n) is 13.9. The van der Waals surface area contributed by atoms with E-state index in [4.69, 9.17) is 33.7 Å². The summed E-state index contributed by atoms with van der Waals surface area (Å²) in [4.78, 5) is 23.6. The number of carbonyl (C=O) groups is 2. The van der Waals surface area contributed by atoms with Crippen molar-refractivity contribution < 1.29 is 14.3 Å². The van der Waals surface area contributed by atoms with E-state index < -0.39 is 12.0 Å². The maximum Gasteiger partial charge on any atom is 0.307 e. The molecule has 0 amide bonds. The molecule has 1 aromatic heterocycles. The average Bonchev–Trinajstić information content (AvgIpc) is 2.98. The minimum absolute atomic E-state index is 0. The van der Waals surface area contributed by atoms with E-state index in [-0.39, 0.29) is 44.2 Å². The van der Waals surface area contributed by atoms with Crippen LogP contribution in [0.25, 0.3) is 0 Å². The van der Waals surface area contributed by atoms with Gasteiger partial charge in [-0.1, -0.05) is 29.3 Å². The summed E-state index contributed by atoms with van der Waals surface area (Å²) < 4.78 is 6.09. The number of ether oxygens (including phenoxy) is 1. The van der Waals surface area contributed by atoms with Gasteiger partial charge in [0.05, 0.1) is 19.1 Å². The van der Waals surface area contributed by atoms with Crippen molar-refractivity contribution in [1.82, 2.24) is 20.2 Å². The normalized spacial score (nSPS) is 11.5. The fourth-order valence-corrected chi connectivity index (χ4v) is 2.64. The second kappa shape index (κ2) is 10.4. The molecule has 0 aliphatic carbocycles. The molecule has 1 atom stereocenters. The number of nitrogens with two attached hydrogens (primary N) is 1. The van der Waals surface area contributed by atoms with Gasteiger partial charge in [-0.2, -0.15) is 0 Å². The van der Waals surface area contributed by atoms with E-state index >= 15 is 0 Å². The SMILES string of the molecule is CCOC(=O)CC(N)C(=O)Cn1nnnc1Cc1c(Cl)cccc1Cl.Cl. The zero-order valence-corrected chi connectivity index (χ0v) is 16.2. The molecule has 1 aromatic carbocycles. The van der Waals surface area contributed by atoms with Crippen molar-refractivity contribution in [2.75, 3.05) is 6.61 Å². The van der Waals surface area contributed by atoms with Gasteiger partial charge < -0.3 is 10.5 Å². The summed E-state index contributed by atoms with van der Waals surface area (Å²) in [6.45, 7) is 1.75. The van der Waals surface area contributed by atoms with Crippen LogP contribution in [-0.2, 0) is 27.3 Å². The van der Waals surface area contributed by atoms with E-state index in [1.807, 2.05) is 0 Å². The van der Waals surface area contributed by atoms with Crippen molar-refractivity contribution in [2.24, 2.45) is 5.73 Å².